The molecule has 2 aromatic rings. The third kappa shape index (κ3) is 8.12. The van der Waals surface area contributed by atoms with Crippen molar-refractivity contribution >= 4 is 57.8 Å². The molecule has 42 heavy (non-hydrogen) atoms. The average Bonchev–Trinajstić information content (AvgIpc) is 3.27. The predicted molar refractivity (Wildman–Crippen MR) is 174 cm³/mol. The summed E-state index contributed by atoms with van der Waals surface area (Å²) in [5.74, 6) is 0.353. The molecule has 228 valence electrons. The van der Waals surface area contributed by atoms with Crippen molar-refractivity contribution in [2.75, 3.05) is 44.2 Å². The van der Waals surface area contributed by atoms with Crippen LogP contribution in [0, 0.1) is 0 Å². The zero-order valence-corrected chi connectivity index (χ0v) is 26.5. The molecule has 2 fully saturated rings. The molecule has 0 saturated carbocycles. The van der Waals surface area contributed by atoms with E-state index in [2.05, 4.69) is 6.92 Å². The first kappa shape index (κ1) is 32.0. The Kier molecular flexibility index (Phi) is 12.2. The molecule has 0 spiro atoms. The van der Waals surface area contributed by atoms with E-state index in [1.54, 1.807) is 41.1 Å². The van der Waals surface area contributed by atoms with Crippen LogP contribution < -0.4 is 10.5 Å². The number of thiocarbonyl (C=S) groups is 1. The normalized spacial score (nSPS) is 16.7. The third-order valence-electron chi connectivity index (χ3n) is 7.74. The molecular weight excluding hydrogens is 571 g/mol. The van der Waals surface area contributed by atoms with Crippen molar-refractivity contribution in [3.8, 4) is 0 Å². The van der Waals surface area contributed by atoms with Gasteiger partial charge in [0.05, 0.1) is 17.1 Å². The van der Waals surface area contributed by atoms with Crippen LogP contribution in [0.3, 0.4) is 0 Å². The summed E-state index contributed by atoms with van der Waals surface area (Å²) < 4.78 is 7.17. The predicted octanol–water partition coefficient (Wildman–Crippen LogP) is 6.10. The summed E-state index contributed by atoms with van der Waals surface area (Å²) in [6.07, 6.45) is 15.3. The van der Waals surface area contributed by atoms with Crippen molar-refractivity contribution < 1.29 is 14.3 Å². The van der Waals surface area contributed by atoms with Crippen molar-refractivity contribution in [2.24, 2.45) is 0 Å². The Labute approximate surface area is 258 Å². The highest BCUT2D eigenvalue weighted by atomic mass is 32.2. The second-order valence-electron chi connectivity index (χ2n) is 10.8. The summed E-state index contributed by atoms with van der Waals surface area (Å²) in [7, 11) is 0. The molecule has 0 atom stereocenters. The van der Waals surface area contributed by atoms with Crippen LogP contribution in [-0.2, 0) is 9.53 Å². The molecule has 0 N–H and O–H groups in total. The van der Waals surface area contributed by atoms with Gasteiger partial charge in [-0.15, -0.1) is 0 Å². The molecule has 4 heterocycles. The first-order valence-corrected chi connectivity index (χ1v) is 16.6. The van der Waals surface area contributed by atoms with Crippen LogP contribution >= 0.6 is 24.0 Å². The van der Waals surface area contributed by atoms with E-state index < -0.39 is 0 Å². The molecule has 2 amide bonds. The van der Waals surface area contributed by atoms with Gasteiger partial charge in [0, 0.05) is 38.9 Å². The number of piperazine rings is 1. The van der Waals surface area contributed by atoms with E-state index in [1.807, 2.05) is 11.0 Å². The number of rotatable bonds is 14. The lowest BCUT2D eigenvalue weighted by Crippen LogP contribution is -2.49. The molecule has 0 unspecified atom stereocenters. The first-order valence-electron chi connectivity index (χ1n) is 15.4. The minimum atomic E-state index is -0.338. The molecule has 0 bridgehead atoms. The average molecular weight is 614 g/mol. The number of hydrogen-bond acceptors (Lipinski definition) is 8. The van der Waals surface area contributed by atoms with E-state index >= 15 is 0 Å². The summed E-state index contributed by atoms with van der Waals surface area (Å²) in [5.41, 5.74) is 0.627. The standard InChI is InChI=1S/C31H43N5O4S2/c1-3-5-6-7-8-9-10-11-12-14-18-36-29(38)25(42-31(36)41)23-24-27(32-26-16-13-15-17-35(26)28(24)37)33-19-21-34(22-20-33)30(39)40-4-2/h13,15-17,23H,3-12,14,18-22H2,1-2H3/b25-23+. The Morgan fingerprint density at radius 3 is 2.31 bits per heavy atom. The zero-order valence-electron chi connectivity index (χ0n) is 24.9. The fourth-order valence-electron chi connectivity index (χ4n) is 5.36. The van der Waals surface area contributed by atoms with Crippen molar-refractivity contribution in [3.63, 3.8) is 0 Å². The van der Waals surface area contributed by atoms with Gasteiger partial charge in [0.1, 0.15) is 15.8 Å². The van der Waals surface area contributed by atoms with Gasteiger partial charge in [0.15, 0.2) is 0 Å². The topological polar surface area (TPSA) is 87.5 Å². The van der Waals surface area contributed by atoms with Crippen molar-refractivity contribution in [1.29, 1.82) is 0 Å². The highest BCUT2D eigenvalue weighted by molar-refractivity contribution is 8.26. The van der Waals surface area contributed by atoms with Crippen LogP contribution in [0.4, 0.5) is 10.6 Å². The molecule has 2 saturated heterocycles. The van der Waals surface area contributed by atoms with E-state index in [9.17, 15) is 14.4 Å². The first-order chi connectivity index (χ1) is 20.4. The second kappa shape index (κ2) is 16.1. The number of pyridine rings is 1. The number of anilines is 1. The monoisotopic (exact) mass is 613 g/mol. The summed E-state index contributed by atoms with van der Waals surface area (Å²) >= 11 is 6.82. The summed E-state index contributed by atoms with van der Waals surface area (Å²) in [4.78, 5) is 49.9. The fraction of sp³-hybridized carbons (Fsp3) is 0.581. The van der Waals surface area contributed by atoms with Gasteiger partial charge in [0.2, 0.25) is 0 Å². The quantitative estimate of drug-likeness (QED) is 0.144. The molecule has 2 aliphatic rings. The summed E-state index contributed by atoms with van der Waals surface area (Å²) in [6, 6.07) is 5.40. The minimum Gasteiger partial charge on any atom is -0.450 e. The van der Waals surface area contributed by atoms with Crippen LogP contribution in [0.2, 0.25) is 0 Å². The lowest BCUT2D eigenvalue weighted by atomic mass is 10.1. The third-order valence-corrected chi connectivity index (χ3v) is 9.12. The number of aromatic nitrogens is 2. The Hall–Kier alpha value is -2.92. The number of amides is 2. The van der Waals surface area contributed by atoms with E-state index in [0.717, 1.165) is 12.8 Å². The van der Waals surface area contributed by atoms with Gasteiger partial charge in [-0.3, -0.25) is 18.9 Å². The Bertz CT molecular complexity index is 1340. The number of hydrogen-bond donors (Lipinski definition) is 0. The number of carbonyl (C=O) groups is 2. The molecule has 0 aromatic carbocycles. The highest BCUT2D eigenvalue weighted by Gasteiger charge is 2.33. The minimum absolute atomic E-state index is 0.156. The van der Waals surface area contributed by atoms with Crippen LogP contribution in [0.25, 0.3) is 11.7 Å². The number of thioether (sulfide) groups is 1. The molecule has 0 aliphatic carbocycles. The highest BCUT2D eigenvalue weighted by Crippen LogP contribution is 2.34. The Balaban J connectivity index is 1.43. The molecule has 11 heteroatoms. The molecule has 2 aromatic heterocycles. The van der Waals surface area contributed by atoms with Crippen molar-refractivity contribution in [2.45, 2.75) is 78.1 Å². The molecule has 9 nitrogen and oxygen atoms in total. The maximum absolute atomic E-state index is 13.7. The van der Waals surface area contributed by atoms with E-state index in [4.69, 9.17) is 21.9 Å². The second-order valence-corrected chi connectivity index (χ2v) is 12.4. The lowest BCUT2D eigenvalue weighted by Gasteiger charge is -2.35. The van der Waals surface area contributed by atoms with Gasteiger partial charge in [-0.25, -0.2) is 9.78 Å². The smallest absolute Gasteiger partial charge is 0.409 e. The fourth-order valence-corrected chi connectivity index (χ4v) is 6.65. The van der Waals surface area contributed by atoms with E-state index in [0.29, 0.717) is 65.6 Å². The van der Waals surface area contributed by atoms with E-state index in [1.165, 1.54) is 67.5 Å². The molecule has 2 aliphatic heterocycles. The SMILES string of the molecule is CCCCCCCCCCCCN1C(=O)/C(=C\c2c(N3CCN(C(=O)OCC)CC3)nc3ccccn3c2=O)SC1=S. The molecular formula is C31H43N5O4S2. The number of fused-ring (bicyclic) bond motifs is 1. The van der Waals surface area contributed by atoms with Gasteiger partial charge in [-0.2, -0.15) is 0 Å². The van der Waals surface area contributed by atoms with Crippen LogP contribution in [-0.4, -0.2) is 74.8 Å². The number of ether oxygens (including phenoxy) is 1. The molecule has 0 radical (unpaired) electrons. The van der Waals surface area contributed by atoms with Crippen molar-refractivity contribution in [3.05, 3.63) is 45.2 Å². The lowest BCUT2D eigenvalue weighted by molar-refractivity contribution is -0.122. The zero-order chi connectivity index (χ0) is 29.9. The van der Waals surface area contributed by atoms with Gasteiger partial charge in [-0.05, 0) is 31.6 Å². The largest absolute Gasteiger partial charge is 0.450 e. The number of nitrogens with zero attached hydrogens (tertiary/aromatic N) is 5. The van der Waals surface area contributed by atoms with Crippen LogP contribution in [0.5, 0.6) is 0 Å². The Morgan fingerprint density at radius 1 is 0.976 bits per heavy atom. The maximum Gasteiger partial charge on any atom is 0.409 e. The van der Waals surface area contributed by atoms with Crippen LogP contribution in [0.15, 0.2) is 34.1 Å². The van der Waals surface area contributed by atoms with Gasteiger partial charge in [0.25, 0.3) is 11.5 Å². The maximum atomic E-state index is 13.7. The summed E-state index contributed by atoms with van der Waals surface area (Å²) in [5, 5.41) is 0. The van der Waals surface area contributed by atoms with Gasteiger partial charge >= 0.3 is 6.09 Å². The molecule has 4 rings (SSSR count). The van der Waals surface area contributed by atoms with Gasteiger partial charge in [-0.1, -0.05) is 94.8 Å². The van der Waals surface area contributed by atoms with Crippen LogP contribution in [0.1, 0.15) is 83.6 Å². The number of carbonyl (C=O) groups excluding carboxylic acids is 2. The van der Waals surface area contributed by atoms with Crippen molar-refractivity contribution in [1.82, 2.24) is 19.2 Å². The Morgan fingerprint density at radius 2 is 1.64 bits per heavy atom. The number of unbranched alkanes of at least 4 members (excludes halogenated alkanes) is 9. The van der Waals surface area contributed by atoms with E-state index in [-0.39, 0.29) is 17.6 Å². The van der Waals surface area contributed by atoms with Gasteiger partial charge < -0.3 is 14.5 Å². The summed E-state index contributed by atoms with van der Waals surface area (Å²) in [6.45, 7) is 6.84.